The molecule has 0 aromatic carbocycles. The number of piperidine rings is 2. The maximum atomic E-state index is 3.54. The third-order valence-electron chi connectivity index (χ3n) is 3.33. The van der Waals surface area contributed by atoms with Gasteiger partial charge in [-0.15, -0.1) is 0 Å². The zero-order valence-corrected chi connectivity index (χ0v) is 9.64. The van der Waals surface area contributed by atoms with E-state index in [1.54, 1.807) is 0 Å². The van der Waals surface area contributed by atoms with E-state index in [1.165, 1.54) is 51.9 Å². The molecule has 70 valence electrons. The van der Waals surface area contributed by atoms with Crippen LogP contribution in [0.3, 0.4) is 0 Å². The summed E-state index contributed by atoms with van der Waals surface area (Å²) in [5, 5.41) is 3.54. The number of hydrogen-bond acceptors (Lipinski definition) is 2. The van der Waals surface area contributed by atoms with Gasteiger partial charge in [-0.3, -0.25) is 0 Å². The largest absolute Gasteiger partial charge is 0.316 e. The van der Waals surface area contributed by atoms with Gasteiger partial charge in [-0.1, -0.05) is 0 Å². The summed E-state index contributed by atoms with van der Waals surface area (Å²) in [4.78, 5) is 0. The van der Waals surface area contributed by atoms with Crippen molar-refractivity contribution in [2.45, 2.75) is 25.7 Å². The molecule has 0 atom stereocenters. The molecule has 0 aliphatic carbocycles. The molecule has 2 heterocycles. The SMILES string of the molecule is IN1CCC2(CCCNC2)CC1. The first-order valence-corrected chi connectivity index (χ1v) is 5.89. The molecular formula is C9H17IN2. The highest BCUT2D eigenvalue weighted by molar-refractivity contribution is 14.1. The summed E-state index contributed by atoms with van der Waals surface area (Å²) < 4.78 is 2.43. The van der Waals surface area contributed by atoms with E-state index < -0.39 is 0 Å². The van der Waals surface area contributed by atoms with Crippen molar-refractivity contribution in [3.63, 3.8) is 0 Å². The molecule has 2 saturated heterocycles. The summed E-state index contributed by atoms with van der Waals surface area (Å²) in [7, 11) is 0. The van der Waals surface area contributed by atoms with Crippen LogP contribution in [0.25, 0.3) is 0 Å². The van der Waals surface area contributed by atoms with Gasteiger partial charge in [0.05, 0.1) is 0 Å². The normalized spacial score (nSPS) is 30.8. The van der Waals surface area contributed by atoms with Crippen molar-refractivity contribution in [3.05, 3.63) is 0 Å². The van der Waals surface area contributed by atoms with Gasteiger partial charge in [-0.2, -0.15) is 0 Å². The summed E-state index contributed by atoms with van der Waals surface area (Å²) in [6, 6.07) is 0. The maximum Gasteiger partial charge on any atom is 0.0201 e. The minimum atomic E-state index is 0.680. The standard InChI is InChI=1S/C9H17IN2/c10-12-6-3-9(4-7-12)2-1-5-11-8-9/h11H,1-8H2. The lowest BCUT2D eigenvalue weighted by Gasteiger charge is -2.42. The van der Waals surface area contributed by atoms with Gasteiger partial charge in [-0.05, 0) is 37.6 Å². The second-order valence-corrected chi connectivity index (χ2v) is 5.55. The molecule has 2 aliphatic rings. The minimum Gasteiger partial charge on any atom is -0.316 e. The Morgan fingerprint density at radius 2 is 1.92 bits per heavy atom. The first-order chi connectivity index (χ1) is 5.81. The monoisotopic (exact) mass is 280 g/mol. The van der Waals surface area contributed by atoms with Crippen LogP contribution in [0.2, 0.25) is 0 Å². The summed E-state index contributed by atoms with van der Waals surface area (Å²) in [6.45, 7) is 5.11. The second kappa shape index (κ2) is 3.80. The van der Waals surface area contributed by atoms with Crippen molar-refractivity contribution in [1.29, 1.82) is 0 Å². The van der Waals surface area contributed by atoms with Gasteiger partial charge in [0.25, 0.3) is 0 Å². The third kappa shape index (κ3) is 1.93. The van der Waals surface area contributed by atoms with E-state index in [0.717, 1.165) is 0 Å². The van der Waals surface area contributed by atoms with Crippen LogP contribution in [0, 0.1) is 5.41 Å². The lowest BCUT2D eigenvalue weighted by molar-refractivity contribution is 0.127. The molecule has 0 aromatic heterocycles. The highest BCUT2D eigenvalue weighted by Crippen LogP contribution is 2.37. The van der Waals surface area contributed by atoms with Crippen molar-refractivity contribution >= 4 is 22.9 Å². The number of nitrogens with one attached hydrogen (secondary N) is 1. The van der Waals surface area contributed by atoms with Crippen LogP contribution >= 0.6 is 22.9 Å². The Kier molecular flexibility index (Phi) is 2.92. The zero-order chi connectivity index (χ0) is 8.44. The van der Waals surface area contributed by atoms with Gasteiger partial charge < -0.3 is 5.32 Å². The Morgan fingerprint density at radius 1 is 1.17 bits per heavy atom. The molecule has 12 heavy (non-hydrogen) atoms. The van der Waals surface area contributed by atoms with Crippen LogP contribution in [0.5, 0.6) is 0 Å². The first kappa shape index (κ1) is 9.21. The van der Waals surface area contributed by atoms with Crippen LogP contribution in [0.4, 0.5) is 0 Å². The molecule has 0 saturated carbocycles. The third-order valence-corrected chi connectivity index (χ3v) is 4.30. The number of rotatable bonds is 0. The van der Waals surface area contributed by atoms with Gasteiger partial charge in [-0.25, -0.2) is 3.11 Å². The zero-order valence-electron chi connectivity index (χ0n) is 7.48. The van der Waals surface area contributed by atoms with E-state index >= 15 is 0 Å². The number of hydrogen-bond donors (Lipinski definition) is 1. The van der Waals surface area contributed by atoms with E-state index in [0.29, 0.717) is 5.41 Å². The van der Waals surface area contributed by atoms with Crippen molar-refractivity contribution in [1.82, 2.24) is 8.43 Å². The molecule has 0 amide bonds. The fraction of sp³-hybridized carbons (Fsp3) is 1.00. The van der Waals surface area contributed by atoms with E-state index in [-0.39, 0.29) is 0 Å². The summed E-state index contributed by atoms with van der Waals surface area (Å²) in [5.41, 5.74) is 0.680. The summed E-state index contributed by atoms with van der Waals surface area (Å²) in [5.74, 6) is 0. The molecule has 2 nitrogen and oxygen atoms in total. The molecule has 0 unspecified atom stereocenters. The van der Waals surface area contributed by atoms with Crippen LogP contribution in [0.15, 0.2) is 0 Å². The fourth-order valence-corrected chi connectivity index (χ4v) is 2.89. The molecule has 1 N–H and O–H groups in total. The maximum absolute atomic E-state index is 3.54. The Labute approximate surface area is 88.6 Å². The average Bonchev–Trinajstić information content (AvgIpc) is 2.13. The highest BCUT2D eigenvalue weighted by Gasteiger charge is 2.34. The predicted molar refractivity (Wildman–Crippen MR) is 59.4 cm³/mol. The van der Waals surface area contributed by atoms with E-state index in [9.17, 15) is 0 Å². The van der Waals surface area contributed by atoms with E-state index in [1.807, 2.05) is 0 Å². The molecule has 1 spiro atoms. The molecule has 3 heteroatoms. The fourth-order valence-electron chi connectivity index (χ4n) is 2.41. The molecular weight excluding hydrogens is 263 g/mol. The molecule has 2 aliphatic heterocycles. The average molecular weight is 280 g/mol. The van der Waals surface area contributed by atoms with Gasteiger partial charge in [0.1, 0.15) is 0 Å². The molecule has 2 fully saturated rings. The van der Waals surface area contributed by atoms with Gasteiger partial charge in [0.2, 0.25) is 0 Å². The van der Waals surface area contributed by atoms with Crippen LogP contribution < -0.4 is 5.32 Å². The highest BCUT2D eigenvalue weighted by atomic mass is 127. The van der Waals surface area contributed by atoms with Gasteiger partial charge in [0.15, 0.2) is 0 Å². The van der Waals surface area contributed by atoms with Gasteiger partial charge >= 0.3 is 0 Å². The lowest BCUT2D eigenvalue weighted by atomic mass is 9.73. The predicted octanol–water partition coefficient (Wildman–Crippen LogP) is 1.80. The Hall–Kier alpha value is 0.650. The molecule has 0 aromatic rings. The second-order valence-electron chi connectivity index (χ2n) is 4.19. The van der Waals surface area contributed by atoms with Crippen LogP contribution in [-0.2, 0) is 0 Å². The van der Waals surface area contributed by atoms with Crippen LogP contribution in [0.1, 0.15) is 25.7 Å². The van der Waals surface area contributed by atoms with E-state index in [4.69, 9.17) is 0 Å². The van der Waals surface area contributed by atoms with Crippen molar-refractivity contribution in [2.75, 3.05) is 26.2 Å². The molecule has 0 bridgehead atoms. The Bertz CT molecular complexity index is 145. The number of halogens is 1. The lowest BCUT2D eigenvalue weighted by Crippen LogP contribution is -2.45. The Morgan fingerprint density at radius 3 is 2.50 bits per heavy atom. The van der Waals surface area contributed by atoms with Crippen molar-refractivity contribution < 1.29 is 0 Å². The van der Waals surface area contributed by atoms with Gasteiger partial charge in [0, 0.05) is 42.5 Å². The summed E-state index contributed by atoms with van der Waals surface area (Å²) >= 11 is 2.45. The molecule has 0 radical (unpaired) electrons. The Balaban J connectivity index is 1.92. The van der Waals surface area contributed by atoms with E-state index in [2.05, 4.69) is 31.3 Å². The van der Waals surface area contributed by atoms with Crippen LogP contribution in [-0.4, -0.2) is 29.3 Å². The smallest absolute Gasteiger partial charge is 0.0201 e. The first-order valence-electron chi connectivity index (χ1n) is 4.92. The topological polar surface area (TPSA) is 15.3 Å². The minimum absolute atomic E-state index is 0.680. The summed E-state index contributed by atoms with van der Waals surface area (Å²) in [6.07, 6.45) is 5.66. The van der Waals surface area contributed by atoms with Crippen molar-refractivity contribution in [2.24, 2.45) is 5.41 Å². The quantitative estimate of drug-likeness (QED) is 0.537. The molecule has 2 rings (SSSR count). The van der Waals surface area contributed by atoms with Crippen molar-refractivity contribution in [3.8, 4) is 0 Å². The number of nitrogens with zero attached hydrogens (tertiary/aromatic N) is 1.